The standard InChI is InChI=1S/C10H17NO3S/c1-10(2)5-8(10)11-9(12)6-15(13,14)7-3-4-7/h7-8H,3-6H2,1-2H3,(H,11,12)/t8-/m0/s1. The molecule has 2 rings (SSSR count). The fourth-order valence-electron chi connectivity index (χ4n) is 1.68. The highest BCUT2D eigenvalue weighted by Gasteiger charge is 2.47. The topological polar surface area (TPSA) is 63.2 Å². The Balaban J connectivity index is 1.83. The minimum Gasteiger partial charge on any atom is -0.352 e. The molecule has 0 unspecified atom stereocenters. The van der Waals surface area contributed by atoms with Gasteiger partial charge < -0.3 is 5.32 Å². The molecule has 1 N–H and O–H groups in total. The molecule has 4 nitrogen and oxygen atoms in total. The summed E-state index contributed by atoms with van der Waals surface area (Å²) in [7, 11) is -3.15. The van der Waals surface area contributed by atoms with Gasteiger partial charge in [-0.2, -0.15) is 0 Å². The van der Waals surface area contributed by atoms with Crippen molar-refractivity contribution < 1.29 is 13.2 Å². The number of nitrogens with one attached hydrogen (secondary N) is 1. The second kappa shape index (κ2) is 3.20. The van der Waals surface area contributed by atoms with Gasteiger partial charge in [-0.3, -0.25) is 4.79 Å². The highest BCUT2D eigenvalue weighted by Crippen LogP contribution is 2.44. The molecule has 2 fully saturated rings. The van der Waals surface area contributed by atoms with E-state index in [9.17, 15) is 13.2 Å². The number of amides is 1. The molecule has 1 amide bonds. The van der Waals surface area contributed by atoms with Crippen molar-refractivity contribution in [2.24, 2.45) is 5.41 Å². The van der Waals surface area contributed by atoms with Crippen molar-refractivity contribution in [2.45, 2.75) is 44.4 Å². The lowest BCUT2D eigenvalue weighted by molar-refractivity contribution is -0.118. The molecule has 0 spiro atoms. The third-order valence-electron chi connectivity index (χ3n) is 3.21. The lowest BCUT2D eigenvalue weighted by Crippen LogP contribution is -2.34. The van der Waals surface area contributed by atoms with Crippen molar-refractivity contribution in [1.29, 1.82) is 0 Å². The highest BCUT2D eigenvalue weighted by molar-refractivity contribution is 7.93. The van der Waals surface area contributed by atoms with E-state index >= 15 is 0 Å². The average molecular weight is 231 g/mol. The largest absolute Gasteiger partial charge is 0.352 e. The Kier molecular flexibility index (Phi) is 2.33. The summed E-state index contributed by atoms with van der Waals surface area (Å²) in [6, 6.07) is 0.166. The molecule has 0 heterocycles. The summed E-state index contributed by atoms with van der Waals surface area (Å²) in [4.78, 5) is 11.4. The van der Waals surface area contributed by atoms with Crippen LogP contribution in [0, 0.1) is 5.41 Å². The zero-order valence-electron chi connectivity index (χ0n) is 9.12. The maximum atomic E-state index is 11.5. The lowest BCUT2D eigenvalue weighted by atomic mass is 10.2. The minimum atomic E-state index is -3.15. The predicted octanol–water partition coefficient (Wildman–Crippen LogP) is 0.478. The van der Waals surface area contributed by atoms with Crippen LogP contribution in [0.1, 0.15) is 33.1 Å². The van der Waals surface area contributed by atoms with E-state index < -0.39 is 9.84 Å². The molecule has 2 saturated carbocycles. The van der Waals surface area contributed by atoms with Crippen LogP contribution in [0.5, 0.6) is 0 Å². The summed E-state index contributed by atoms with van der Waals surface area (Å²) >= 11 is 0. The van der Waals surface area contributed by atoms with Crippen LogP contribution < -0.4 is 5.32 Å². The normalized spacial score (nSPS) is 28.5. The Morgan fingerprint density at radius 3 is 2.33 bits per heavy atom. The third-order valence-corrected chi connectivity index (χ3v) is 5.36. The first-order chi connectivity index (χ1) is 6.81. The summed E-state index contributed by atoms with van der Waals surface area (Å²) < 4.78 is 23.0. The van der Waals surface area contributed by atoms with Gasteiger partial charge in [0.1, 0.15) is 5.75 Å². The van der Waals surface area contributed by atoms with Crippen LogP contribution in [-0.4, -0.2) is 31.4 Å². The van der Waals surface area contributed by atoms with Gasteiger partial charge in [-0.05, 0) is 24.7 Å². The summed E-state index contributed by atoms with van der Waals surface area (Å²) in [5.74, 6) is -0.665. The Morgan fingerprint density at radius 1 is 1.40 bits per heavy atom. The number of hydrogen-bond donors (Lipinski definition) is 1. The van der Waals surface area contributed by atoms with Gasteiger partial charge in [0.2, 0.25) is 5.91 Å². The second-order valence-corrected chi connectivity index (χ2v) is 7.60. The molecule has 2 aliphatic rings. The van der Waals surface area contributed by atoms with E-state index in [1.54, 1.807) is 0 Å². The van der Waals surface area contributed by atoms with Gasteiger partial charge in [-0.15, -0.1) is 0 Å². The molecule has 0 bridgehead atoms. The zero-order chi connectivity index (χ0) is 11.3. The Hall–Kier alpha value is -0.580. The van der Waals surface area contributed by atoms with E-state index in [4.69, 9.17) is 0 Å². The molecule has 15 heavy (non-hydrogen) atoms. The molecular weight excluding hydrogens is 214 g/mol. The minimum absolute atomic E-state index is 0.152. The van der Waals surface area contributed by atoms with Crippen molar-refractivity contribution in [3.05, 3.63) is 0 Å². The van der Waals surface area contributed by atoms with E-state index in [1.807, 2.05) is 0 Å². The molecule has 5 heteroatoms. The van der Waals surface area contributed by atoms with Crippen LogP contribution in [0.25, 0.3) is 0 Å². The molecule has 2 aliphatic carbocycles. The molecule has 0 aromatic rings. The summed E-state index contributed by atoms with van der Waals surface area (Å²) in [5.41, 5.74) is 0.152. The third kappa shape index (κ3) is 2.51. The Bertz CT molecular complexity index is 381. The first-order valence-electron chi connectivity index (χ1n) is 5.32. The smallest absolute Gasteiger partial charge is 0.235 e. The Morgan fingerprint density at radius 2 is 1.93 bits per heavy atom. The summed E-state index contributed by atoms with van der Waals surface area (Å²) in [6.45, 7) is 4.13. The van der Waals surface area contributed by atoms with E-state index in [0.717, 1.165) is 19.3 Å². The fourth-order valence-corrected chi connectivity index (χ4v) is 3.22. The Labute approximate surface area is 90.3 Å². The zero-order valence-corrected chi connectivity index (χ0v) is 9.93. The van der Waals surface area contributed by atoms with Crippen LogP contribution in [0.15, 0.2) is 0 Å². The van der Waals surface area contributed by atoms with Gasteiger partial charge in [0, 0.05) is 6.04 Å². The molecule has 0 radical (unpaired) electrons. The summed E-state index contributed by atoms with van der Waals surface area (Å²) in [6.07, 6.45) is 2.40. The quantitative estimate of drug-likeness (QED) is 0.765. The van der Waals surface area contributed by atoms with Crippen molar-refractivity contribution in [2.75, 3.05) is 5.75 Å². The fraction of sp³-hybridized carbons (Fsp3) is 0.900. The number of rotatable bonds is 4. The SMILES string of the molecule is CC1(C)C[C@@H]1NC(=O)CS(=O)(=O)C1CC1. The predicted molar refractivity (Wildman–Crippen MR) is 57.1 cm³/mol. The maximum Gasteiger partial charge on any atom is 0.235 e. The summed E-state index contributed by atoms with van der Waals surface area (Å²) in [5, 5.41) is 2.52. The van der Waals surface area contributed by atoms with Crippen molar-refractivity contribution in [1.82, 2.24) is 5.32 Å². The lowest BCUT2D eigenvalue weighted by Gasteiger charge is -2.06. The maximum absolute atomic E-state index is 11.5. The van der Waals surface area contributed by atoms with E-state index in [2.05, 4.69) is 19.2 Å². The number of carbonyl (C=O) groups excluding carboxylic acids is 1. The van der Waals surface area contributed by atoms with Crippen molar-refractivity contribution in [3.63, 3.8) is 0 Å². The molecular formula is C10H17NO3S. The van der Waals surface area contributed by atoms with Crippen LogP contribution in [0.2, 0.25) is 0 Å². The number of carbonyl (C=O) groups is 1. The number of sulfone groups is 1. The van der Waals surface area contributed by atoms with E-state index in [0.29, 0.717) is 0 Å². The van der Waals surface area contributed by atoms with Crippen LogP contribution >= 0.6 is 0 Å². The van der Waals surface area contributed by atoms with Gasteiger partial charge in [0.15, 0.2) is 9.84 Å². The molecule has 86 valence electrons. The van der Waals surface area contributed by atoms with Crippen molar-refractivity contribution >= 4 is 15.7 Å². The average Bonchev–Trinajstić information content (AvgIpc) is 2.87. The van der Waals surface area contributed by atoms with Crippen LogP contribution in [0.3, 0.4) is 0 Å². The first-order valence-corrected chi connectivity index (χ1v) is 7.04. The molecule has 0 aromatic carbocycles. The molecule has 0 saturated heterocycles. The van der Waals surface area contributed by atoms with E-state index in [1.165, 1.54) is 0 Å². The van der Waals surface area contributed by atoms with Crippen LogP contribution in [0.4, 0.5) is 0 Å². The van der Waals surface area contributed by atoms with Gasteiger partial charge >= 0.3 is 0 Å². The first kappa shape index (κ1) is 10.9. The van der Waals surface area contributed by atoms with Gasteiger partial charge in [0.05, 0.1) is 5.25 Å². The molecule has 0 aliphatic heterocycles. The van der Waals surface area contributed by atoms with Gasteiger partial charge in [-0.25, -0.2) is 8.42 Å². The molecule has 1 atom stereocenters. The van der Waals surface area contributed by atoms with Crippen LogP contribution in [-0.2, 0) is 14.6 Å². The van der Waals surface area contributed by atoms with Crippen molar-refractivity contribution in [3.8, 4) is 0 Å². The molecule has 0 aromatic heterocycles. The number of hydrogen-bond acceptors (Lipinski definition) is 3. The second-order valence-electron chi connectivity index (χ2n) is 5.32. The monoisotopic (exact) mass is 231 g/mol. The van der Waals surface area contributed by atoms with Gasteiger partial charge in [-0.1, -0.05) is 13.8 Å². The van der Waals surface area contributed by atoms with Gasteiger partial charge in [0.25, 0.3) is 0 Å². The highest BCUT2D eigenvalue weighted by atomic mass is 32.2. The van der Waals surface area contributed by atoms with E-state index in [-0.39, 0.29) is 28.4 Å².